The van der Waals surface area contributed by atoms with Crippen LogP contribution in [0.4, 0.5) is 5.95 Å². The number of nitrogens with one attached hydrogen (secondary N) is 1. The second-order valence-electron chi connectivity index (χ2n) is 3.98. The summed E-state index contributed by atoms with van der Waals surface area (Å²) in [5, 5.41) is 13.0. The molecule has 0 unspecified atom stereocenters. The predicted molar refractivity (Wildman–Crippen MR) is 77.6 cm³/mol. The van der Waals surface area contributed by atoms with Crippen LogP contribution in [0.15, 0.2) is 30.5 Å². The van der Waals surface area contributed by atoms with Gasteiger partial charge >= 0.3 is 5.97 Å². The third-order valence-electron chi connectivity index (χ3n) is 2.57. The molecule has 0 spiro atoms. The van der Waals surface area contributed by atoms with Crippen LogP contribution in [-0.2, 0) is 6.42 Å². The first-order valence-electron chi connectivity index (χ1n) is 5.80. The largest absolute Gasteiger partial charge is 0.477 e. The molecule has 0 saturated heterocycles. The smallest absolute Gasteiger partial charge is 0.354 e. The van der Waals surface area contributed by atoms with Gasteiger partial charge in [0.15, 0.2) is 5.69 Å². The Kier molecular flexibility index (Phi) is 4.76. The normalized spacial score (nSPS) is 10.3. The number of carboxylic acid groups (broad SMARTS) is 1. The first-order chi connectivity index (χ1) is 9.56. The Morgan fingerprint density at radius 3 is 2.80 bits per heavy atom. The van der Waals surface area contributed by atoms with Gasteiger partial charge in [-0.2, -0.15) is 0 Å². The molecule has 0 aliphatic carbocycles. The molecular weight excluding hydrogens is 301 g/mol. The van der Waals surface area contributed by atoms with Crippen LogP contribution in [-0.4, -0.2) is 27.6 Å². The van der Waals surface area contributed by atoms with Crippen molar-refractivity contribution >= 4 is 35.1 Å². The van der Waals surface area contributed by atoms with Gasteiger partial charge in [0, 0.05) is 22.8 Å². The summed E-state index contributed by atoms with van der Waals surface area (Å²) in [6.45, 7) is 0.532. The van der Waals surface area contributed by atoms with Crippen molar-refractivity contribution in [3.8, 4) is 0 Å². The summed E-state index contributed by atoms with van der Waals surface area (Å²) in [7, 11) is 0. The van der Waals surface area contributed by atoms with Gasteiger partial charge in [0.05, 0.1) is 0 Å². The molecule has 2 aromatic rings. The van der Waals surface area contributed by atoms with Crippen molar-refractivity contribution in [3.05, 3.63) is 51.8 Å². The predicted octanol–water partition coefficient (Wildman–Crippen LogP) is 3.14. The van der Waals surface area contributed by atoms with Gasteiger partial charge in [-0.05, 0) is 30.2 Å². The van der Waals surface area contributed by atoms with E-state index in [1.165, 1.54) is 12.3 Å². The highest BCUT2D eigenvalue weighted by Gasteiger charge is 2.06. The van der Waals surface area contributed by atoms with Gasteiger partial charge in [-0.3, -0.25) is 0 Å². The van der Waals surface area contributed by atoms with Gasteiger partial charge in [0.25, 0.3) is 0 Å². The second kappa shape index (κ2) is 6.54. The Morgan fingerprint density at radius 2 is 2.10 bits per heavy atom. The average molecular weight is 312 g/mol. The van der Waals surface area contributed by atoms with E-state index >= 15 is 0 Å². The van der Waals surface area contributed by atoms with Crippen LogP contribution in [0, 0.1) is 0 Å². The number of carbonyl (C=O) groups is 1. The molecule has 104 valence electrons. The molecule has 1 aromatic carbocycles. The molecule has 1 heterocycles. The Labute approximate surface area is 125 Å². The maximum Gasteiger partial charge on any atom is 0.354 e. The van der Waals surface area contributed by atoms with Gasteiger partial charge in [-0.15, -0.1) is 0 Å². The second-order valence-corrected chi connectivity index (χ2v) is 4.83. The zero-order valence-electron chi connectivity index (χ0n) is 10.3. The lowest BCUT2D eigenvalue weighted by Crippen LogP contribution is -2.10. The maximum absolute atomic E-state index is 10.8. The summed E-state index contributed by atoms with van der Waals surface area (Å²) in [6, 6.07) is 6.63. The van der Waals surface area contributed by atoms with Crippen molar-refractivity contribution in [1.82, 2.24) is 9.97 Å². The lowest BCUT2D eigenvalue weighted by molar-refractivity contribution is 0.0690. The van der Waals surface area contributed by atoms with E-state index in [0.717, 1.165) is 5.56 Å². The number of aromatic carboxylic acids is 1. The van der Waals surface area contributed by atoms with Gasteiger partial charge in [0.2, 0.25) is 5.95 Å². The first-order valence-corrected chi connectivity index (χ1v) is 6.56. The molecule has 2 N–H and O–H groups in total. The van der Waals surface area contributed by atoms with Crippen LogP contribution in [0.2, 0.25) is 10.0 Å². The highest BCUT2D eigenvalue weighted by molar-refractivity contribution is 6.35. The number of halogens is 2. The number of nitrogens with zero attached hydrogens (tertiary/aromatic N) is 2. The molecule has 5 nitrogen and oxygen atoms in total. The molecule has 0 bridgehead atoms. The molecule has 1 aromatic heterocycles. The van der Waals surface area contributed by atoms with E-state index in [0.29, 0.717) is 23.0 Å². The van der Waals surface area contributed by atoms with Gasteiger partial charge < -0.3 is 10.4 Å². The van der Waals surface area contributed by atoms with Crippen LogP contribution in [0.1, 0.15) is 16.1 Å². The van der Waals surface area contributed by atoms with Crippen molar-refractivity contribution in [3.63, 3.8) is 0 Å². The molecule has 7 heteroatoms. The highest BCUT2D eigenvalue weighted by Crippen LogP contribution is 2.21. The number of anilines is 1. The van der Waals surface area contributed by atoms with E-state index in [1.807, 2.05) is 6.07 Å². The molecule has 2 rings (SSSR count). The lowest BCUT2D eigenvalue weighted by Gasteiger charge is -2.07. The van der Waals surface area contributed by atoms with Gasteiger partial charge in [-0.25, -0.2) is 14.8 Å². The van der Waals surface area contributed by atoms with E-state index in [2.05, 4.69) is 15.3 Å². The number of aromatic nitrogens is 2. The third-order valence-corrected chi connectivity index (χ3v) is 3.15. The highest BCUT2D eigenvalue weighted by atomic mass is 35.5. The van der Waals surface area contributed by atoms with Crippen LogP contribution in [0.3, 0.4) is 0 Å². The minimum absolute atomic E-state index is 0.0491. The van der Waals surface area contributed by atoms with Crippen LogP contribution in [0.5, 0.6) is 0 Å². The molecular formula is C13H11Cl2N3O2. The number of carboxylic acids is 1. The summed E-state index contributed by atoms with van der Waals surface area (Å²) in [5.74, 6) is -0.814. The summed E-state index contributed by atoms with van der Waals surface area (Å²) in [4.78, 5) is 18.6. The van der Waals surface area contributed by atoms with Crippen molar-refractivity contribution < 1.29 is 9.90 Å². The Bertz CT molecular complexity index is 635. The minimum Gasteiger partial charge on any atom is -0.477 e. The van der Waals surface area contributed by atoms with E-state index in [-0.39, 0.29) is 11.6 Å². The summed E-state index contributed by atoms with van der Waals surface area (Å²) in [5.41, 5.74) is 0.894. The Hall–Kier alpha value is -1.85. The monoisotopic (exact) mass is 311 g/mol. The Morgan fingerprint density at radius 1 is 1.30 bits per heavy atom. The van der Waals surface area contributed by atoms with Gasteiger partial charge in [0.1, 0.15) is 0 Å². The molecule has 0 aliphatic rings. The van der Waals surface area contributed by atoms with Crippen molar-refractivity contribution in [2.45, 2.75) is 6.42 Å². The fourth-order valence-corrected chi connectivity index (χ4v) is 2.10. The molecule has 20 heavy (non-hydrogen) atoms. The zero-order chi connectivity index (χ0) is 14.5. The summed E-state index contributed by atoms with van der Waals surface area (Å²) < 4.78 is 0. The fraction of sp³-hybridized carbons (Fsp3) is 0.154. The summed E-state index contributed by atoms with van der Waals surface area (Å²) in [6.07, 6.45) is 2.05. The minimum atomic E-state index is -1.09. The quantitative estimate of drug-likeness (QED) is 0.887. The number of benzene rings is 1. The maximum atomic E-state index is 10.8. The first kappa shape index (κ1) is 14.6. The van der Waals surface area contributed by atoms with Crippen LogP contribution in [0.25, 0.3) is 0 Å². The summed E-state index contributed by atoms with van der Waals surface area (Å²) >= 11 is 11.9. The zero-order valence-corrected chi connectivity index (χ0v) is 11.8. The van der Waals surface area contributed by atoms with Crippen LogP contribution >= 0.6 is 23.2 Å². The number of hydrogen-bond acceptors (Lipinski definition) is 4. The lowest BCUT2D eigenvalue weighted by atomic mass is 10.1. The van der Waals surface area contributed by atoms with Crippen molar-refractivity contribution in [2.24, 2.45) is 0 Å². The molecule has 0 fully saturated rings. The topological polar surface area (TPSA) is 75.1 Å². The van der Waals surface area contributed by atoms with Crippen LogP contribution < -0.4 is 5.32 Å². The van der Waals surface area contributed by atoms with Crippen molar-refractivity contribution in [2.75, 3.05) is 11.9 Å². The molecule has 0 radical (unpaired) electrons. The Balaban J connectivity index is 1.96. The standard InChI is InChI=1S/C13H11Cl2N3O2/c14-9-2-1-8(10(15)7-9)3-5-16-13-17-6-4-11(18-13)12(19)20/h1-2,4,6-7H,3,5H2,(H,19,20)(H,16,17,18). The molecule has 0 aliphatic heterocycles. The molecule has 0 amide bonds. The molecule has 0 atom stereocenters. The fourth-order valence-electron chi connectivity index (χ4n) is 1.60. The number of hydrogen-bond donors (Lipinski definition) is 2. The van der Waals surface area contributed by atoms with Gasteiger partial charge in [-0.1, -0.05) is 29.3 Å². The van der Waals surface area contributed by atoms with E-state index in [1.54, 1.807) is 12.1 Å². The third kappa shape index (κ3) is 3.82. The van der Waals surface area contributed by atoms with E-state index in [4.69, 9.17) is 28.3 Å². The van der Waals surface area contributed by atoms with Crippen molar-refractivity contribution in [1.29, 1.82) is 0 Å². The molecule has 0 saturated carbocycles. The van der Waals surface area contributed by atoms with E-state index in [9.17, 15) is 4.79 Å². The number of rotatable bonds is 5. The SMILES string of the molecule is O=C(O)c1ccnc(NCCc2ccc(Cl)cc2Cl)n1. The average Bonchev–Trinajstić information content (AvgIpc) is 2.41. The van der Waals surface area contributed by atoms with E-state index < -0.39 is 5.97 Å².